The molecule has 0 bridgehead atoms. The fourth-order valence-corrected chi connectivity index (χ4v) is 5.59. The molecule has 1 N–H and O–H groups in total. The number of aromatic nitrogens is 1. The van der Waals surface area contributed by atoms with E-state index >= 15 is 0 Å². The second-order valence-corrected chi connectivity index (χ2v) is 9.92. The minimum absolute atomic E-state index is 0.0536. The van der Waals surface area contributed by atoms with Crippen molar-refractivity contribution in [3.05, 3.63) is 88.9 Å². The number of carbonyl (C=O) groups is 1. The molecule has 35 heavy (non-hydrogen) atoms. The van der Waals surface area contributed by atoms with Crippen LogP contribution in [0.3, 0.4) is 0 Å². The molecule has 0 saturated carbocycles. The van der Waals surface area contributed by atoms with Gasteiger partial charge in [-0.15, -0.1) is 0 Å². The van der Waals surface area contributed by atoms with Crippen molar-refractivity contribution in [1.29, 1.82) is 0 Å². The minimum atomic E-state index is -4.11. The van der Waals surface area contributed by atoms with Crippen LogP contribution in [0.4, 0.5) is 5.69 Å². The maximum Gasteiger partial charge on any atom is 0.419 e. The number of benzene rings is 3. The Kier molecular flexibility index (Phi) is 5.81. The van der Waals surface area contributed by atoms with Crippen molar-refractivity contribution in [3.63, 3.8) is 0 Å². The summed E-state index contributed by atoms with van der Waals surface area (Å²) in [4.78, 5) is 24.9. The van der Waals surface area contributed by atoms with E-state index in [1.54, 1.807) is 37.3 Å². The maximum atomic E-state index is 13.7. The fourth-order valence-electron chi connectivity index (χ4n) is 4.10. The number of fused-ring (bicyclic) bond motifs is 2. The molecule has 0 saturated heterocycles. The first kappa shape index (κ1) is 22.7. The molecule has 2 heterocycles. The Labute approximate surface area is 201 Å². The van der Waals surface area contributed by atoms with E-state index in [4.69, 9.17) is 9.15 Å². The predicted molar refractivity (Wildman–Crippen MR) is 130 cm³/mol. The quantitative estimate of drug-likeness (QED) is 0.442. The Balaban J connectivity index is 1.47. The molecule has 1 aliphatic rings. The Hall–Kier alpha value is -4.05. The van der Waals surface area contributed by atoms with E-state index < -0.39 is 27.8 Å². The van der Waals surface area contributed by atoms with Gasteiger partial charge in [0.1, 0.15) is 5.75 Å². The summed E-state index contributed by atoms with van der Waals surface area (Å²) in [5, 5.41) is 2.81. The molecule has 1 amide bonds. The lowest BCUT2D eigenvalue weighted by Gasteiger charge is -2.34. The second kappa shape index (κ2) is 8.95. The first-order valence-electron chi connectivity index (χ1n) is 11.1. The van der Waals surface area contributed by atoms with Crippen molar-refractivity contribution >= 4 is 32.7 Å². The molecule has 0 radical (unpaired) electrons. The standard InChI is InChI=1S/C25H23N3O6S/c1-2-27-19-13-12-18(14-22(19)34-25(27)30)35(31,32)28-16-23(33-21-11-7-6-10-20(21)28)24(29)26-15-17-8-4-3-5-9-17/h3-14,23H,2,15-16H2,1H3,(H,26,29)/t23-/m1/s1. The highest BCUT2D eigenvalue weighted by Gasteiger charge is 2.37. The normalized spacial score (nSPS) is 15.5. The average Bonchev–Trinajstić information content (AvgIpc) is 3.21. The van der Waals surface area contributed by atoms with Crippen LogP contribution in [0.25, 0.3) is 11.1 Å². The lowest BCUT2D eigenvalue weighted by atomic mass is 10.2. The highest BCUT2D eigenvalue weighted by molar-refractivity contribution is 7.92. The van der Waals surface area contributed by atoms with Gasteiger partial charge in [-0.25, -0.2) is 13.2 Å². The zero-order valence-electron chi connectivity index (χ0n) is 18.9. The van der Waals surface area contributed by atoms with Crippen molar-refractivity contribution < 1.29 is 22.4 Å². The van der Waals surface area contributed by atoms with Crippen LogP contribution < -0.4 is 20.1 Å². The second-order valence-electron chi connectivity index (χ2n) is 8.06. The summed E-state index contributed by atoms with van der Waals surface area (Å²) in [6, 6.07) is 20.4. The molecule has 0 unspecified atom stereocenters. The van der Waals surface area contributed by atoms with Gasteiger partial charge < -0.3 is 14.5 Å². The molecule has 0 fully saturated rings. The Morgan fingerprint density at radius 1 is 1.06 bits per heavy atom. The first-order valence-corrected chi connectivity index (χ1v) is 12.6. The topological polar surface area (TPSA) is 111 Å². The molecule has 0 spiro atoms. The molecule has 5 rings (SSSR count). The number of aryl methyl sites for hydroxylation is 1. The summed E-state index contributed by atoms with van der Waals surface area (Å²) in [6.07, 6.45) is -1.05. The van der Waals surface area contributed by atoms with Crippen molar-refractivity contribution in [2.45, 2.75) is 31.0 Å². The van der Waals surface area contributed by atoms with E-state index in [9.17, 15) is 18.0 Å². The van der Waals surface area contributed by atoms with E-state index in [0.29, 0.717) is 17.7 Å². The smallest absolute Gasteiger partial charge is 0.419 e. The predicted octanol–water partition coefficient (Wildman–Crippen LogP) is 2.89. The average molecular weight is 494 g/mol. The van der Waals surface area contributed by atoms with Gasteiger partial charge >= 0.3 is 5.76 Å². The zero-order valence-corrected chi connectivity index (χ0v) is 19.7. The highest BCUT2D eigenvalue weighted by Crippen LogP contribution is 2.37. The van der Waals surface area contributed by atoms with Crippen LogP contribution in [0.2, 0.25) is 0 Å². The van der Waals surface area contributed by atoms with Gasteiger partial charge in [0.2, 0.25) is 0 Å². The molecule has 4 aromatic rings. The number of nitrogens with one attached hydrogen (secondary N) is 1. The summed E-state index contributed by atoms with van der Waals surface area (Å²) in [5.41, 5.74) is 1.93. The molecule has 1 atom stereocenters. The molecule has 180 valence electrons. The number of sulfonamides is 1. The number of carbonyl (C=O) groups excluding carboxylic acids is 1. The number of hydrogen-bond donors (Lipinski definition) is 1. The van der Waals surface area contributed by atoms with Gasteiger partial charge in [-0.1, -0.05) is 42.5 Å². The number of amides is 1. The third-order valence-corrected chi connectivity index (χ3v) is 7.66. The van der Waals surface area contributed by atoms with E-state index in [1.807, 2.05) is 30.3 Å². The van der Waals surface area contributed by atoms with Gasteiger partial charge in [0.15, 0.2) is 11.7 Å². The number of hydrogen-bond acceptors (Lipinski definition) is 6. The molecule has 0 aliphatic carbocycles. The van der Waals surface area contributed by atoms with Gasteiger partial charge in [0.05, 0.1) is 22.6 Å². The largest absolute Gasteiger partial charge is 0.476 e. The number of oxazole rings is 1. The first-order chi connectivity index (χ1) is 16.9. The van der Waals surface area contributed by atoms with Gasteiger partial charge in [-0.3, -0.25) is 13.7 Å². The number of para-hydroxylation sites is 2. The van der Waals surface area contributed by atoms with Crippen LogP contribution in [-0.4, -0.2) is 31.5 Å². The van der Waals surface area contributed by atoms with E-state index in [1.165, 1.54) is 16.7 Å². The van der Waals surface area contributed by atoms with Crippen molar-refractivity contribution in [2.24, 2.45) is 0 Å². The lowest BCUT2D eigenvalue weighted by Crippen LogP contribution is -2.50. The van der Waals surface area contributed by atoms with Crippen LogP contribution >= 0.6 is 0 Å². The fraction of sp³-hybridized carbons (Fsp3) is 0.200. The zero-order chi connectivity index (χ0) is 24.6. The summed E-state index contributed by atoms with van der Waals surface area (Å²) < 4.78 is 41.1. The molecule has 10 heteroatoms. The summed E-state index contributed by atoms with van der Waals surface area (Å²) in [5.74, 6) is -0.694. The summed E-state index contributed by atoms with van der Waals surface area (Å²) >= 11 is 0. The van der Waals surface area contributed by atoms with E-state index in [-0.39, 0.29) is 29.3 Å². The lowest BCUT2D eigenvalue weighted by molar-refractivity contribution is -0.127. The SMILES string of the molecule is CCn1c(=O)oc2cc(S(=O)(=O)N3C[C@H](C(=O)NCc4ccccc4)Oc4ccccc43)ccc21. The number of ether oxygens (including phenoxy) is 1. The maximum absolute atomic E-state index is 13.7. The Bertz CT molecular complexity index is 1560. The van der Waals surface area contributed by atoms with Crippen molar-refractivity contribution in [3.8, 4) is 5.75 Å². The van der Waals surface area contributed by atoms with Crippen LogP contribution in [0.5, 0.6) is 5.75 Å². The monoisotopic (exact) mass is 493 g/mol. The number of nitrogens with zero attached hydrogens (tertiary/aromatic N) is 2. The number of anilines is 1. The van der Waals surface area contributed by atoms with Gasteiger partial charge in [0, 0.05) is 19.2 Å². The Morgan fingerprint density at radius 2 is 1.80 bits per heavy atom. The van der Waals surface area contributed by atoms with E-state index in [0.717, 1.165) is 9.87 Å². The third-order valence-electron chi connectivity index (χ3n) is 5.88. The molecule has 1 aliphatic heterocycles. The van der Waals surface area contributed by atoms with Crippen LogP contribution in [0, 0.1) is 0 Å². The minimum Gasteiger partial charge on any atom is -0.476 e. The van der Waals surface area contributed by atoms with Gasteiger partial charge in [-0.05, 0) is 36.8 Å². The van der Waals surface area contributed by atoms with Gasteiger partial charge in [-0.2, -0.15) is 0 Å². The third kappa shape index (κ3) is 4.17. The summed E-state index contributed by atoms with van der Waals surface area (Å²) in [7, 11) is -4.11. The van der Waals surface area contributed by atoms with Gasteiger partial charge in [0.25, 0.3) is 15.9 Å². The van der Waals surface area contributed by atoms with Crippen molar-refractivity contribution in [1.82, 2.24) is 9.88 Å². The molecular weight excluding hydrogens is 470 g/mol. The van der Waals surface area contributed by atoms with Crippen LogP contribution in [0.1, 0.15) is 12.5 Å². The Morgan fingerprint density at radius 3 is 2.57 bits per heavy atom. The van der Waals surface area contributed by atoms with Crippen LogP contribution in [-0.2, 0) is 27.9 Å². The summed E-state index contributed by atoms with van der Waals surface area (Å²) in [6.45, 7) is 2.28. The van der Waals surface area contributed by atoms with Crippen molar-refractivity contribution in [2.75, 3.05) is 10.8 Å². The molecule has 9 nitrogen and oxygen atoms in total. The number of rotatable bonds is 6. The molecular formula is C25H23N3O6S. The molecule has 3 aromatic carbocycles. The van der Waals surface area contributed by atoms with E-state index in [2.05, 4.69) is 5.32 Å². The molecule has 1 aromatic heterocycles. The highest BCUT2D eigenvalue weighted by atomic mass is 32.2. The van der Waals surface area contributed by atoms with Crippen LogP contribution in [0.15, 0.2) is 86.9 Å².